The van der Waals surface area contributed by atoms with Crippen molar-refractivity contribution in [2.24, 2.45) is 0 Å². The minimum Gasteiger partial charge on any atom is -0.495 e. The van der Waals surface area contributed by atoms with Crippen LogP contribution >= 0.6 is 0 Å². The summed E-state index contributed by atoms with van der Waals surface area (Å²) in [7, 11) is 1.69. The average Bonchev–Trinajstić information content (AvgIpc) is 2.62. The monoisotopic (exact) mass is 319 g/mol. The first-order chi connectivity index (χ1) is 11.2. The molecule has 5 nitrogen and oxygen atoms in total. The second kappa shape index (κ2) is 7.41. The second-order valence-electron chi connectivity index (χ2n) is 6.46. The smallest absolute Gasteiger partial charge is 0.143 e. The quantitative estimate of drug-likeness (QED) is 0.863. The number of likely N-dealkylation sites (N-methyl/N-ethyl adjacent to an activating group) is 1. The maximum absolute atomic E-state index is 6.20. The fourth-order valence-corrected chi connectivity index (χ4v) is 3.69. The van der Waals surface area contributed by atoms with Gasteiger partial charge < -0.3 is 25.0 Å². The standard InChI is InChI=1S/C18H29N3O2/c1-3-20-6-8-21(9-7-20)17-13-18(22-2)16(19)12-15(17)14-4-10-23-11-5-14/h12-14H,3-11,19H2,1-2H3. The van der Waals surface area contributed by atoms with Gasteiger partial charge in [-0.1, -0.05) is 6.92 Å². The van der Waals surface area contributed by atoms with E-state index in [0.29, 0.717) is 5.92 Å². The lowest BCUT2D eigenvalue weighted by molar-refractivity contribution is 0.0854. The van der Waals surface area contributed by atoms with Gasteiger partial charge in [0.15, 0.2) is 0 Å². The summed E-state index contributed by atoms with van der Waals surface area (Å²) in [5.74, 6) is 1.32. The molecule has 0 spiro atoms. The SMILES string of the molecule is CCN1CCN(c2cc(OC)c(N)cc2C2CCOCC2)CC1. The van der Waals surface area contributed by atoms with E-state index in [4.69, 9.17) is 15.2 Å². The Kier molecular flexibility index (Phi) is 5.28. The number of anilines is 2. The summed E-state index contributed by atoms with van der Waals surface area (Å²) >= 11 is 0. The van der Waals surface area contributed by atoms with Gasteiger partial charge in [0.1, 0.15) is 5.75 Å². The Morgan fingerprint density at radius 3 is 2.48 bits per heavy atom. The van der Waals surface area contributed by atoms with Crippen LogP contribution in [0.15, 0.2) is 12.1 Å². The average molecular weight is 319 g/mol. The van der Waals surface area contributed by atoms with Crippen LogP contribution in [0.3, 0.4) is 0 Å². The van der Waals surface area contributed by atoms with Gasteiger partial charge in [-0.25, -0.2) is 0 Å². The van der Waals surface area contributed by atoms with Crippen molar-refractivity contribution in [1.82, 2.24) is 4.90 Å². The number of nitrogen functional groups attached to an aromatic ring is 1. The molecule has 23 heavy (non-hydrogen) atoms. The molecule has 0 saturated carbocycles. The van der Waals surface area contributed by atoms with Gasteiger partial charge in [0, 0.05) is 51.1 Å². The van der Waals surface area contributed by atoms with Crippen molar-refractivity contribution in [2.75, 3.05) is 63.7 Å². The molecule has 0 radical (unpaired) electrons. The molecule has 0 atom stereocenters. The molecule has 2 aliphatic heterocycles. The highest BCUT2D eigenvalue weighted by Crippen LogP contribution is 2.39. The molecule has 3 rings (SSSR count). The Labute approximate surface area is 139 Å². The first kappa shape index (κ1) is 16.4. The van der Waals surface area contributed by atoms with Gasteiger partial charge in [0.25, 0.3) is 0 Å². The van der Waals surface area contributed by atoms with E-state index in [0.717, 1.165) is 70.2 Å². The maximum Gasteiger partial charge on any atom is 0.143 e. The van der Waals surface area contributed by atoms with Gasteiger partial charge in [-0.2, -0.15) is 0 Å². The number of methoxy groups -OCH3 is 1. The van der Waals surface area contributed by atoms with E-state index in [-0.39, 0.29) is 0 Å². The normalized spacial score (nSPS) is 20.7. The highest BCUT2D eigenvalue weighted by molar-refractivity contribution is 5.68. The van der Waals surface area contributed by atoms with Crippen LogP contribution in [0.25, 0.3) is 0 Å². The van der Waals surface area contributed by atoms with Gasteiger partial charge in [-0.05, 0) is 36.9 Å². The highest BCUT2D eigenvalue weighted by Gasteiger charge is 2.25. The first-order valence-corrected chi connectivity index (χ1v) is 8.75. The van der Waals surface area contributed by atoms with Crippen LogP contribution in [0.4, 0.5) is 11.4 Å². The topological polar surface area (TPSA) is 51.0 Å². The molecule has 5 heteroatoms. The van der Waals surface area contributed by atoms with Crippen molar-refractivity contribution in [1.29, 1.82) is 0 Å². The van der Waals surface area contributed by atoms with Crippen molar-refractivity contribution in [2.45, 2.75) is 25.7 Å². The fourth-order valence-electron chi connectivity index (χ4n) is 3.69. The lowest BCUT2D eigenvalue weighted by Crippen LogP contribution is -2.46. The predicted molar refractivity (Wildman–Crippen MR) is 94.5 cm³/mol. The Hall–Kier alpha value is -1.46. The van der Waals surface area contributed by atoms with E-state index in [1.54, 1.807) is 7.11 Å². The highest BCUT2D eigenvalue weighted by atomic mass is 16.5. The third kappa shape index (κ3) is 3.56. The van der Waals surface area contributed by atoms with Gasteiger partial charge in [0.05, 0.1) is 12.8 Å². The second-order valence-corrected chi connectivity index (χ2v) is 6.46. The largest absolute Gasteiger partial charge is 0.495 e. The summed E-state index contributed by atoms with van der Waals surface area (Å²) in [4.78, 5) is 5.00. The first-order valence-electron chi connectivity index (χ1n) is 8.75. The molecule has 128 valence electrons. The summed E-state index contributed by atoms with van der Waals surface area (Å²) < 4.78 is 11.0. The van der Waals surface area contributed by atoms with Crippen LogP contribution in [0.5, 0.6) is 5.75 Å². The molecule has 2 saturated heterocycles. The Morgan fingerprint density at radius 1 is 1.17 bits per heavy atom. The minimum absolute atomic E-state index is 0.538. The summed E-state index contributed by atoms with van der Waals surface area (Å²) in [5, 5.41) is 0. The minimum atomic E-state index is 0.538. The molecule has 2 fully saturated rings. The summed E-state index contributed by atoms with van der Waals surface area (Å²) in [6, 6.07) is 4.28. The van der Waals surface area contributed by atoms with Gasteiger partial charge in [-0.3, -0.25) is 0 Å². The lowest BCUT2D eigenvalue weighted by Gasteiger charge is -2.38. The molecular formula is C18H29N3O2. The zero-order valence-corrected chi connectivity index (χ0v) is 14.4. The molecule has 0 aliphatic carbocycles. The van der Waals surface area contributed by atoms with Crippen LogP contribution in [0.1, 0.15) is 31.2 Å². The van der Waals surface area contributed by atoms with Crippen molar-refractivity contribution >= 4 is 11.4 Å². The number of benzene rings is 1. The Balaban J connectivity index is 1.89. The van der Waals surface area contributed by atoms with E-state index in [1.807, 2.05) is 0 Å². The third-order valence-corrected chi connectivity index (χ3v) is 5.20. The summed E-state index contributed by atoms with van der Waals surface area (Å²) in [6.07, 6.45) is 2.15. The summed E-state index contributed by atoms with van der Waals surface area (Å²) in [6.45, 7) is 9.43. The van der Waals surface area contributed by atoms with Crippen LogP contribution in [-0.4, -0.2) is 57.9 Å². The molecule has 0 aromatic heterocycles. The van der Waals surface area contributed by atoms with Gasteiger partial charge in [0.2, 0.25) is 0 Å². The number of hydrogen-bond donors (Lipinski definition) is 1. The van der Waals surface area contributed by atoms with Gasteiger partial charge in [-0.15, -0.1) is 0 Å². The molecule has 0 bridgehead atoms. The number of piperazine rings is 1. The van der Waals surface area contributed by atoms with E-state index >= 15 is 0 Å². The predicted octanol–water partition coefficient (Wildman–Crippen LogP) is 2.31. The lowest BCUT2D eigenvalue weighted by atomic mass is 9.89. The molecule has 1 aromatic rings. The van der Waals surface area contributed by atoms with Crippen LogP contribution in [0.2, 0.25) is 0 Å². The number of ether oxygens (including phenoxy) is 2. The molecule has 1 aromatic carbocycles. The maximum atomic E-state index is 6.20. The molecule has 2 aliphatic rings. The molecule has 0 amide bonds. The third-order valence-electron chi connectivity index (χ3n) is 5.20. The Morgan fingerprint density at radius 2 is 1.87 bits per heavy atom. The number of rotatable bonds is 4. The van der Waals surface area contributed by atoms with Crippen LogP contribution in [0, 0.1) is 0 Å². The number of nitrogens with zero attached hydrogens (tertiary/aromatic N) is 2. The van der Waals surface area contributed by atoms with Crippen molar-refractivity contribution in [3.63, 3.8) is 0 Å². The molecular weight excluding hydrogens is 290 g/mol. The van der Waals surface area contributed by atoms with Gasteiger partial charge >= 0.3 is 0 Å². The van der Waals surface area contributed by atoms with E-state index in [9.17, 15) is 0 Å². The van der Waals surface area contributed by atoms with E-state index < -0.39 is 0 Å². The van der Waals surface area contributed by atoms with Crippen molar-refractivity contribution < 1.29 is 9.47 Å². The Bertz CT molecular complexity index is 521. The van der Waals surface area contributed by atoms with Crippen LogP contribution < -0.4 is 15.4 Å². The fraction of sp³-hybridized carbons (Fsp3) is 0.667. The number of hydrogen-bond acceptors (Lipinski definition) is 5. The number of nitrogens with two attached hydrogens (primary N) is 1. The molecule has 2 N–H and O–H groups in total. The van der Waals surface area contributed by atoms with Crippen molar-refractivity contribution in [3.8, 4) is 5.75 Å². The van der Waals surface area contributed by atoms with E-state index in [1.165, 1.54) is 11.3 Å². The zero-order valence-electron chi connectivity index (χ0n) is 14.4. The zero-order chi connectivity index (χ0) is 16.2. The van der Waals surface area contributed by atoms with Crippen molar-refractivity contribution in [3.05, 3.63) is 17.7 Å². The molecule has 0 unspecified atom stereocenters. The molecule has 2 heterocycles. The summed E-state index contributed by atoms with van der Waals surface area (Å²) in [5.41, 5.74) is 9.61. The van der Waals surface area contributed by atoms with Crippen LogP contribution in [-0.2, 0) is 4.74 Å². The van der Waals surface area contributed by atoms with E-state index in [2.05, 4.69) is 28.9 Å².